The zero-order valence-corrected chi connectivity index (χ0v) is 17.9. The lowest BCUT2D eigenvalue weighted by molar-refractivity contribution is -0.140. The Hall–Kier alpha value is -2.58. The van der Waals surface area contributed by atoms with Gasteiger partial charge in [0.2, 0.25) is 0 Å². The van der Waals surface area contributed by atoms with Crippen LogP contribution in [0.3, 0.4) is 0 Å². The number of amidine groups is 1. The normalized spacial score (nSPS) is 16.8. The Bertz CT molecular complexity index is 929. The number of aliphatic imine (C=N–C) groups is 2. The zero-order valence-electron chi connectivity index (χ0n) is 16.3. The Morgan fingerprint density at radius 3 is 2.86 bits per heavy atom. The number of aliphatic hydroxyl groups excluding tert-OH is 1. The molecule has 0 saturated heterocycles. The van der Waals surface area contributed by atoms with Gasteiger partial charge in [0, 0.05) is 29.2 Å². The highest BCUT2D eigenvalue weighted by molar-refractivity contribution is 9.10. The first-order chi connectivity index (χ1) is 14.0. The molecule has 0 spiro atoms. The molecule has 0 radical (unpaired) electrons. The molecule has 1 aliphatic heterocycles. The van der Waals surface area contributed by atoms with E-state index in [0.717, 1.165) is 21.4 Å². The fourth-order valence-corrected chi connectivity index (χ4v) is 3.32. The third-order valence-corrected chi connectivity index (χ3v) is 4.88. The predicted molar refractivity (Wildman–Crippen MR) is 116 cm³/mol. The van der Waals surface area contributed by atoms with Gasteiger partial charge in [-0.15, -0.1) is 0 Å². The molecule has 2 N–H and O–H groups in total. The molecule has 0 aliphatic carbocycles. The average molecular weight is 459 g/mol. The molecule has 0 bridgehead atoms. The lowest BCUT2D eigenvalue weighted by Gasteiger charge is -2.17. The predicted octanol–water partition coefficient (Wildman–Crippen LogP) is 3.02. The number of nitrogens with zero attached hydrogens (tertiary/aromatic N) is 3. The van der Waals surface area contributed by atoms with Gasteiger partial charge in [-0.2, -0.15) is 0 Å². The van der Waals surface area contributed by atoms with Crippen molar-refractivity contribution < 1.29 is 14.6 Å². The van der Waals surface area contributed by atoms with Gasteiger partial charge in [-0.1, -0.05) is 22.0 Å². The minimum atomic E-state index is -0.550. The van der Waals surface area contributed by atoms with Crippen LogP contribution < -0.4 is 5.32 Å². The number of esters is 1. The van der Waals surface area contributed by atoms with Crippen molar-refractivity contribution in [2.24, 2.45) is 9.98 Å². The van der Waals surface area contributed by atoms with Gasteiger partial charge in [0.25, 0.3) is 0 Å². The molecule has 1 aromatic heterocycles. The number of rotatable bonds is 6. The van der Waals surface area contributed by atoms with Crippen LogP contribution in [0.2, 0.25) is 0 Å². The highest BCUT2D eigenvalue weighted by Crippen LogP contribution is 2.30. The Labute approximate surface area is 178 Å². The number of carbonyl (C=O) groups excluding carboxylic acids is 1. The molecule has 1 aliphatic rings. The molecule has 0 fully saturated rings. The highest BCUT2D eigenvalue weighted by Gasteiger charge is 2.25. The summed E-state index contributed by atoms with van der Waals surface area (Å²) < 4.78 is 5.69. The minimum absolute atomic E-state index is 0.204. The van der Waals surface area contributed by atoms with E-state index in [4.69, 9.17) is 14.7 Å². The molecule has 8 heteroatoms. The lowest BCUT2D eigenvalue weighted by Crippen LogP contribution is -2.38. The van der Waals surface area contributed by atoms with E-state index in [1.165, 1.54) is 7.11 Å². The van der Waals surface area contributed by atoms with Crippen LogP contribution in [0.4, 0.5) is 5.69 Å². The summed E-state index contributed by atoms with van der Waals surface area (Å²) in [6.45, 7) is 2.02. The van der Waals surface area contributed by atoms with E-state index < -0.39 is 12.1 Å². The molecule has 152 valence electrons. The minimum Gasteiger partial charge on any atom is -0.469 e. The summed E-state index contributed by atoms with van der Waals surface area (Å²) in [5.74, 6) is 0.295. The zero-order chi connectivity index (χ0) is 20.8. The van der Waals surface area contributed by atoms with Crippen molar-refractivity contribution in [1.29, 1.82) is 0 Å². The standard InChI is InChI=1S/C21H23BrN4O3/c1-13(27)12-24-21-18(8-9-19(28)29-2)25-20(17-5-3-4-10-23-17)15-11-14(22)6-7-16(15)26-21/h3-7,10-11,13,18,27H,8-9,12H2,1-2H3,(H,24,26)/t13-,18-/m0/s1. The summed E-state index contributed by atoms with van der Waals surface area (Å²) in [6.07, 6.45) is 1.79. The first-order valence-corrected chi connectivity index (χ1v) is 10.1. The quantitative estimate of drug-likeness (QED) is 0.648. The number of aromatic nitrogens is 1. The van der Waals surface area contributed by atoms with Gasteiger partial charge in [-0.05, 0) is 43.7 Å². The van der Waals surface area contributed by atoms with Crippen molar-refractivity contribution in [3.8, 4) is 0 Å². The van der Waals surface area contributed by atoms with Gasteiger partial charge in [-0.25, -0.2) is 4.99 Å². The van der Waals surface area contributed by atoms with Crippen molar-refractivity contribution >= 4 is 39.1 Å². The highest BCUT2D eigenvalue weighted by atomic mass is 79.9. The topological polar surface area (TPSA) is 96.2 Å². The van der Waals surface area contributed by atoms with Crippen LogP contribution in [0.5, 0.6) is 0 Å². The van der Waals surface area contributed by atoms with E-state index in [-0.39, 0.29) is 12.4 Å². The molecule has 0 unspecified atom stereocenters. The van der Waals surface area contributed by atoms with Crippen LogP contribution >= 0.6 is 15.9 Å². The summed E-state index contributed by atoms with van der Waals surface area (Å²) >= 11 is 3.52. The van der Waals surface area contributed by atoms with Crippen molar-refractivity contribution in [3.63, 3.8) is 0 Å². The van der Waals surface area contributed by atoms with Crippen LogP contribution in [-0.4, -0.2) is 53.4 Å². The second kappa shape index (κ2) is 9.76. The molecule has 0 amide bonds. The van der Waals surface area contributed by atoms with E-state index in [2.05, 4.69) is 26.2 Å². The molecule has 7 nitrogen and oxygen atoms in total. The number of carbonyl (C=O) groups is 1. The van der Waals surface area contributed by atoms with Crippen LogP contribution in [0, 0.1) is 0 Å². The Morgan fingerprint density at radius 2 is 2.17 bits per heavy atom. The molecule has 0 saturated carbocycles. The molecule has 2 heterocycles. The molecular weight excluding hydrogens is 436 g/mol. The molecule has 2 aromatic rings. The average Bonchev–Trinajstić information content (AvgIpc) is 2.87. The van der Waals surface area contributed by atoms with Gasteiger partial charge >= 0.3 is 5.97 Å². The summed E-state index contributed by atoms with van der Waals surface area (Å²) in [5, 5.41) is 12.9. The fraction of sp³-hybridized carbons (Fsp3) is 0.333. The van der Waals surface area contributed by atoms with Gasteiger partial charge in [0.15, 0.2) is 0 Å². The summed E-state index contributed by atoms with van der Waals surface area (Å²) in [6, 6.07) is 11.0. The maximum atomic E-state index is 11.7. The number of ether oxygens (including phenoxy) is 1. The van der Waals surface area contributed by atoms with E-state index in [9.17, 15) is 9.90 Å². The summed E-state index contributed by atoms with van der Waals surface area (Å²) in [7, 11) is 1.37. The van der Waals surface area contributed by atoms with Gasteiger partial charge in [0.05, 0.1) is 30.3 Å². The Morgan fingerprint density at radius 1 is 1.34 bits per heavy atom. The Balaban J connectivity index is 2.09. The number of fused-ring (bicyclic) bond motifs is 1. The van der Waals surface area contributed by atoms with Crippen LogP contribution in [0.15, 0.2) is 57.1 Å². The molecule has 2 atom stereocenters. The first-order valence-electron chi connectivity index (χ1n) is 9.34. The lowest BCUT2D eigenvalue weighted by atomic mass is 10.0. The second-order valence-corrected chi connectivity index (χ2v) is 7.63. The number of hydrogen-bond donors (Lipinski definition) is 2. The Kier molecular flexibility index (Phi) is 7.11. The summed E-state index contributed by atoms with van der Waals surface area (Å²) in [4.78, 5) is 25.9. The molecule has 3 rings (SSSR count). The van der Waals surface area contributed by atoms with Gasteiger partial charge in [0.1, 0.15) is 11.9 Å². The number of hydrogen-bond acceptors (Lipinski definition) is 7. The first kappa shape index (κ1) is 21.1. The van der Waals surface area contributed by atoms with E-state index >= 15 is 0 Å². The third kappa shape index (κ3) is 5.48. The number of methoxy groups -OCH3 is 1. The van der Waals surface area contributed by atoms with E-state index in [1.807, 2.05) is 36.4 Å². The number of nitrogens with one attached hydrogen (secondary N) is 1. The number of pyridine rings is 1. The second-order valence-electron chi connectivity index (χ2n) is 6.71. The van der Waals surface area contributed by atoms with Gasteiger partial charge < -0.3 is 15.2 Å². The van der Waals surface area contributed by atoms with Crippen molar-refractivity contribution in [3.05, 3.63) is 58.3 Å². The summed E-state index contributed by atoms with van der Waals surface area (Å²) in [5.41, 5.74) is 3.01. The van der Waals surface area contributed by atoms with E-state index in [1.54, 1.807) is 13.1 Å². The largest absolute Gasteiger partial charge is 0.469 e. The van der Waals surface area contributed by atoms with Crippen LogP contribution in [0.1, 0.15) is 31.0 Å². The van der Waals surface area contributed by atoms with E-state index in [0.29, 0.717) is 24.5 Å². The van der Waals surface area contributed by atoms with Crippen molar-refractivity contribution in [2.45, 2.75) is 31.9 Å². The maximum absolute atomic E-state index is 11.7. The smallest absolute Gasteiger partial charge is 0.305 e. The third-order valence-electron chi connectivity index (χ3n) is 4.39. The number of halogens is 1. The monoisotopic (exact) mass is 458 g/mol. The van der Waals surface area contributed by atoms with Crippen molar-refractivity contribution in [2.75, 3.05) is 13.7 Å². The molecular formula is C21H23BrN4O3. The molecule has 1 aromatic carbocycles. The molecule has 29 heavy (non-hydrogen) atoms. The maximum Gasteiger partial charge on any atom is 0.305 e. The van der Waals surface area contributed by atoms with Crippen molar-refractivity contribution in [1.82, 2.24) is 10.3 Å². The SMILES string of the molecule is COC(=O)CC[C@@H]1N=C(c2ccccn2)c2cc(Br)ccc2N=C1NC[C@H](C)O. The van der Waals surface area contributed by atoms with Crippen LogP contribution in [0.25, 0.3) is 0 Å². The van der Waals surface area contributed by atoms with Crippen LogP contribution in [-0.2, 0) is 9.53 Å². The number of aliphatic hydroxyl groups is 1. The number of benzene rings is 1. The van der Waals surface area contributed by atoms with Gasteiger partial charge in [-0.3, -0.25) is 14.8 Å². The fourth-order valence-electron chi connectivity index (χ4n) is 2.96.